The van der Waals surface area contributed by atoms with Gasteiger partial charge in [0.25, 0.3) is 10.1 Å². The second kappa shape index (κ2) is 20.0. The van der Waals surface area contributed by atoms with Crippen molar-refractivity contribution in [3.63, 3.8) is 0 Å². The zero-order valence-electron chi connectivity index (χ0n) is 16.7. The van der Waals surface area contributed by atoms with Gasteiger partial charge in [0.15, 0.2) is 0 Å². The Morgan fingerprint density at radius 2 is 1.22 bits per heavy atom. The molecule has 0 aliphatic heterocycles. The molecule has 0 fully saturated rings. The Labute approximate surface area is 186 Å². The topological polar surface area (TPSA) is 152 Å². The van der Waals surface area contributed by atoms with E-state index in [1.807, 2.05) is 0 Å². The molecule has 0 bridgehead atoms. The first-order valence-corrected chi connectivity index (χ1v) is 12.3. The fourth-order valence-electron chi connectivity index (χ4n) is 2.30. The molecule has 0 saturated carbocycles. The Morgan fingerprint density at radius 3 is 1.48 bits per heavy atom. The predicted octanol–water partition coefficient (Wildman–Crippen LogP) is -0.926. The first kappa shape index (κ1) is 32.4. The van der Waals surface area contributed by atoms with Crippen LogP contribution < -0.4 is 29.6 Å². The normalized spacial score (nSPS) is 12.6. The molecule has 1 atom stereocenters. The van der Waals surface area contributed by atoms with Crippen molar-refractivity contribution in [3.05, 3.63) is 0 Å². The zero-order valence-corrected chi connectivity index (χ0v) is 20.3. The van der Waals surface area contributed by atoms with Crippen molar-refractivity contribution < 1.29 is 65.7 Å². The molecule has 0 aromatic carbocycles. The van der Waals surface area contributed by atoms with Crippen LogP contribution in [0.1, 0.15) is 77.6 Å². The molecular formula is C16H35NaO8S2. The molecule has 27 heavy (non-hydrogen) atoms. The molecule has 0 saturated heterocycles. The maximum Gasteiger partial charge on any atom is 1.00 e. The van der Waals surface area contributed by atoms with Gasteiger partial charge in [-0.05, 0) is 6.42 Å². The third-order valence-corrected chi connectivity index (χ3v) is 5.74. The summed E-state index contributed by atoms with van der Waals surface area (Å²) in [5.74, 6) is -0.576. The number of rotatable bonds is 15. The summed E-state index contributed by atoms with van der Waals surface area (Å²) in [7, 11) is -8.25. The molecular weight excluding hydrogens is 407 g/mol. The summed E-state index contributed by atoms with van der Waals surface area (Å²) in [4.78, 5) is 0. The summed E-state index contributed by atoms with van der Waals surface area (Å²) in [6.07, 6.45) is 12.0. The third kappa shape index (κ3) is 26.7. The van der Waals surface area contributed by atoms with Gasteiger partial charge in [-0.1, -0.05) is 71.1 Å². The molecule has 0 aromatic rings. The predicted molar refractivity (Wildman–Crippen MR) is 101 cm³/mol. The summed E-state index contributed by atoms with van der Waals surface area (Å²) >= 11 is 0. The van der Waals surface area contributed by atoms with E-state index in [4.69, 9.17) is 14.8 Å². The molecule has 3 N–H and O–H groups in total. The molecule has 0 amide bonds. The van der Waals surface area contributed by atoms with E-state index >= 15 is 0 Å². The maximum absolute atomic E-state index is 10.7. The number of unbranched alkanes of at least 4 members (excludes halogenated alkanes) is 9. The molecule has 0 aliphatic rings. The molecule has 0 rings (SSSR count). The fraction of sp³-hybridized carbons (Fsp3) is 1.00. The van der Waals surface area contributed by atoms with Crippen LogP contribution in [-0.4, -0.2) is 60.4 Å². The van der Waals surface area contributed by atoms with Gasteiger partial charge in [0, 0.05) is 0 Å². The van der Waals surface area contributed by atoms with Crippen LogP contribution in [0.2, 0.25) is 0 Å². The van der Waals surface area contributed by atoms with E-state index in [1.54, 1.807) is 0 Å². The molecule has 11 heteroatoms. The van der Waals surface area contributed by atoms with Gasteiger partial charge in [0.1, 0.15) is 0 Å². The van der Waals surface area contributed by atoms with Crippen molar-refractivity contribution in [1.82, 2.24) is 0 Å². The van der Waals surface area contributed by atoms with Crippen LogP contribution >= 0.6 is 0 Å². The Bertz CT molecular complexity index is 509. The summed E-state index contributed by atoms with van der Waals surface area (Å²) in [5, 5.41) is 15.6. The Kier molecular flexibility index (Phi) is 24.0. The molecule has 160 valence electrons. The van der Waals surface area contributed by atoms with E-state index < -0.39 is 44.5 Å². The van der Waals surface area contributed by atoms with Crippen LogP contribution in [0.3, 0.4) is 0 Å². The summed E-state index contributed by atoms with van der Waals surface area (Å²) in [6, 6.07) is 0. The number of aliphatic hydroxyl groups excluding tert-OH is 2. The van der Waals surface area contributed by atoms with Crippen LogP contribution in [-0.2, 0) is 20.2 Å². The third-order valence-electron chi connectivity index (χ3n) is 3.84. The second-order valence-electron chi connectivity index (χ2n) is 6.28. The largest absolute Gasteiger partial charge is 1.00 e. The number of hydrogen-bond donors (Lipinski definition) is 3. The minimum absolute atomic E-state index is 0. The van der Waals surface area contributed by atoms with Gasteiger partial charge in [-0.15, -0.1) is 0 Å². The molecule has 0 aromatic heterocycles. The van der Waals surface area contributed by atoms with Crippen LogP contribution in [0.15, 0.2) is 0 Å². The average Bonchev–Trinajstić information content (AvgIpc) is 2.51. The molecule has 0 heterocycles. The van der Waals surface area contributed by atoms with Gasteiger partial charge in [0.05, 0.1) is 34.3 Å². The number of hydrogen-bond acceptors (Lipinski definition) is 7. The smallest absolute Gasteiger partial charge is 0.748 e. The quantitative estimate of drug-likeness (QED) is 0.167. The summed E-state index contributed by atoms with van der Waals surface area (Å²) in [5.41, 5.74) is 0. The SMILES string of the molecule is CCCCCCCCCCCCC(CO)S(=O)(=O)[O-].O=S(=O)(O)CCO.[Na+]. The van der Waals surface area contributed by atoms with Gasteiger partial charge >= 0.3 is 29.6 Å². The van der Waals surface area contributed by atoms with Crippen molar-refractivity contribution >= 4 is 20.2 Å². The van der Waals surface area contributed by atoms with E-state index in [2.05, 4.69) is 6.92 Å². The Morgan fingerprint density at radius 1 is 0.815 bits per heavy atom. The molecule has 0 radical (unpaired) electrons. The Hall–Kier alpha value is 0.740. The monoisotopic (exact) mass is 442 g/mol. The van der Waals surface area contributed by atoms with Crippen molar-refractivity contribution in [3.8, 4) is 0 Å². The minimum Gasteiger partial charge on any atom is -0.748 e. The van der Waals surface area contributed by atoms with Crippen molar-refractivity contribution in [1.29, 1.82) is 0 Å². The molecule has 0 spiro atoms. The van der Waals surface area contributed by atoms with Gasteiger partial charge in [-0.2, -0.15) is 8.42 Å². The van der Waals surface area contributed by atoms with Crippen molar-refractivity contribution in [2.24, 2.45) is 0 Å². The van der Waals surface area contributed by atoms with E-state index in [0.717, 1.165) is 12.8 Å². The first-order valence-electron chi connectivity index (χ1n) is 9.20. The van der Waals surface area contributed by atoms with E-state index in [1.165, 1.54) is 44.9 Å². The van der Waals surface area contributed by atoms with E-state index in [9.17, 15) is 21.4 Å². The van der Waals surface area contributed by atoms with Crippen molar-refractivity contribution in [2.45, 2.75) is 82.8 Å². The summed E-state index contributed by atoms with van der Waals surface area (Å²) in [6.45, 7) is 1.13. The average molecular weight is 443 g/mol. The van der Waals surface area contributed by atoms with E-state index in [-0.39, 0.29) is 29.6 Å². The van der Waals surface area contributed by atoms with Crippen LogP contribution in [0.5, 0.6) is 0 Å². The summed E-state index contributed by atoms with van der Waals surface area (Å²) < 4.78 is 59.3. The van der Waals surface area contributed by atoms with Crippen LogP contribution in [0.25, 0.3) is 0 Å². The maximum atomic E-state index is 10.7. The van der Waals surface area contributed by atoms with E-state index in [0.29, 0.717) is 12.8 Å². The van der Waals surface area contributed by atoms with Gasteiger partial charge < -0.3 is 14.8 Å². The van der Waals surface area contributed by atoms with Gasteiger partial charge in [-0.3, -0.25) is 4.55 Å². The zero-order chi connectivity index (χ0) is 20.5. The molecule has 8 nitrogen and oxygen atoms in total. The van der Waals surface area contributed by atoms with Gasteiger partial charge in [0.2, 0.25) is 0 Å². The second-order valence-corrected chi connectivity index (χ2v) is 9.50. The standard InChI is InChI=1S/C14H30O4S.C2H6O4S.Na/c1-2-3-4-5-6-7-8-9-10-11-12-14(13-15)19(16,17)18;3-1-2-7(4,5)6;/h14-15H,2-13H2,1H3,(H,16,17,18);3H,1-2H2,(H,4,5,6);/q;;+1/p-1. The number of aliphatic hydroxyl groups is 2. The Balaban J connectivity index is -0.000000612. The van der Waals surface area contributed by atoms with Gasteiger partial charge in [-0.25, -0.2) is 8.42 Å². The molecule has 1 unspecified atom stereocenters. The minimum atomic E-state index is -4.33. The fourth-order valence-corrected chi connectivity index (χ4v) is 3.17. The molecule has 0 aliphatic carbocycles. The van der Waals surface area contributed by atoms with Crippen LogP contribution in [0, 0.1) is 0 Å². The first-order chi connectivity index (χ1) is 12.1. The van der Waals surface area contributed by atoms with Crippen LogP contribution in [0.4, 0.5) is 0 Å². The van der Waals surface area contributed by atoms with Crippen molar-refractivity contribution in [2.75, 3.05) is 19.0 Å².